The number of amides is 1. The van der Waals surface area contributed by atoms with Crippen LogP contribution in [-0.4, -0.2) is 40.9 Å². The fraction of sp³-hybridized carbons (Fsp3) is 0.438. The lowest BCUT2D eigenvalue weighted by molar-refractivity contribution is 0.0620. The van der Waals surface area contributed by atoms with Gasteiger partial charge in [-0.3, -0.25) is 4.79 Å². The van der Waals surface area contributed by atoms with Crippen LogP contribution in [0.25, 0.3) is 5.52 Å². The lowest BCUT2D eigenvalue weighted by Crippen LogP contribution is -2.57. The molecule has 110 valence electrons. The largest absolute Gasteiger partial charge is 0.348 e. The van der Waals surface area contributed by atoms with E-state index in [2.05, 4.69) is 26.1 Å². The van der Waals surface area contributed by atoms with Crippen LogP contribution in [0.15, 0.2) is 35.1 Å². The third kappa shape index (κ3) is 2.38. The molecule has 0 aromatic carbocycles. The van der Waals surface area contributed by atoms with Crippen LogP contribution in [0.1, 0.15) is 23.2 Å². The molecule has 0 saturated carbocycles. The first-order valence-electron chi connectivity index (χ1n) is 7.50. The van der Waals surface area contributed by atoms with Crippen molar-refractivity contribution < 1.29 is 4.79 Å². The number of pyridine rings is 1. The zero-order valence-corrected chi connectivity index (χ0v) is 13.3. The van der Waals surface area contributed by atoms with Crippen LogP contribution in [0.5, 0.6) is 0 Å². The number of hydrogen-bond donors (Lipinski definition) is 1. The first kappa shape index (κ1) is 13.3. The second kappa shape index (κ2) is 5.14. The molecule has 0 aliphatic carbocycles. The zero-order chi connectivity index (χ0) is 14.4. The predicted octanol–water partition coefficient (Wildman–Crippen LogP) is 2.53. The van der Waals surface area contributed by atoms with Crippen LogP contribution in [0.2, 0.25) is 0 Å². The summed E-state index contributed by atoms with van der Waals surface area (Å²) in [6.07, 6.45) is 4.33. The molecule has 0 spiro atoms. The van der Waals surface area contributed by atoms with Gasteiger partial charge in [-0.25, -0.2) is 0 Å². The standard InChI is InChI=1S/C16H18BrN3O/c17-15-4-3-13-2-1-12(9-20(13)15)16(21)18-14-10-19-7-5-11(14)6-8-19/h1-4,9,11,14H,5-8,10H2,(H,18,21). The Morgan fingerprint density at radius 3 is 2.67 bits per heavy atom. The summed E-state index contributed by atoms with van der Waals surface area (Å²) in [6, 6.07) is 8.21. The summed E-state index contributed by atoms with van der Waals surface area (Å²) in [5.41, 5.74) is 1.80. The summed E-state index contributed by atoms with van der Waals surface area (Å²) in [5.74, 6) is 0.692. The zero-order valence-electron chi connectivity index (χ0n) is 11.8. The van der Waals surface area contributed by atoms with Gasteiger partial charge >= 0.3 is 0 Å². The molecule has 3 aliphatic rings. The third-order valence-electron chi connectivity index (χ3n) is 4.84. The fourth-order valence-corrected chi connectivity index (χ4v) is 4.02. The molecule has 2 aromatic rings. The Balaban J connectivity index is 1.54. The summed E-state index contributed by atoms with van der Waals surface area (Å²) >= 11 is 3.50. The fourth-order valence-electron chi connectivity index (χ4n) is 3.58. The summed E-state index contributed by atoms with van der Waals surface area (Å²) < 4.78 is 2.96. The number of piperidine rings is 3. The number of nitrogens with one attached hydrogen (secondary N) is 1. The van der Waals surface area contributed by atoms with Crippen LogP contribution in [-0.2, 0) is 0 Å². The van der Waals surface area contributed by atoms with Crippen LogP contribution >= 0.6 is 15.9 Å². The monoisotopic (exact) mass is 347 g/mol. The summed E-state index contributed by atoms with van der Waals surface area (Å²) in [7, 11) is 0. The second-order valence-corrected chi connectivity index (χ2v) is 6.90. The Hall–Kier alpha value is -1.33. The summed E-state index contributed by atoms with van der Waals surface area (Å²) in [5, 5.41) is 3.23. The second-order valence-electron chi connectivity index (χ2n) is 6.09. The molecule has 2 aromatic heterocycles. The molecule has 1 amide bonds. The number of rotatable bonds is 2. The van der Waals surface area contributed by atoms with Gasteiger partial charge in [-0.1, -0.05) is 0 Å². The average molecular weight is 348 g/mol. The average Bonchev–Trinajstić information content (AvgIpc) is 2.89. The van der Waals surface area contributed by atoms with Crippen molar-refractivity contribution in [3.05, 3.63) is 40.6 Å². The molecule has 2 bridgehead atoms. The highest BCUT2D eigenvalue weighted by Crippen LogP contribution is 2.27. The third-order valence-corrected chi connectivity index (χ3v) is 5.48. The van der Waals surface area contributed by atoms with Gasteiger partial charge in [-0.2, -0.15) is 0 Å². The highest BCUT2D eigenvalue weighted by molar-refractivity contribution is 9.10. The van der Waals surface area contributed by atoms with Gasteiger partial charge in [0.1, 0.15) is 0 Å². The van der Waals surface area contributed by atoms with E-state index < -0.39 is 0 Å². The normalized spacial score (nSPS) is 28.0. The van der Waals surface area contributed by atoms with Crippen molar-refractivity contribution in [2.24, 2.45) is 5.92 Å². The highest BCUT2D eigenvalue weighted by Gasteiger charge is 2.34. The summed E-state index contributed by atoms with van der Waals surface area (Å²) in [4.78, 5) is 15.0. The molecule has 1 atom stereocenters. The van der Waals surface area contributed by atoms with Gasteiger partial charge in [0, 0.05) is 24.3 Å². The molecule has 3 fully saturated rings. The molecule has 1 unspecified atom stereocenters. The Bertz CT molecular complexity index is 688. The molecule has 5 rings (SSSR count). The first-order chi connectivity index (χ1) is 10.2. The van der Waals surface area contributed by atoms with E-state index in [1.165, 1.54) is 25.9 Å². The molecule has 1 N–H and O–H groups in total. The van der Waals surface area contributed by atoms with Crippen molar-refractivity contribution >= 4 is 27.4 Å². The predicted molar refractivity (Wildman–Crippen MR) is 85.5 cm³/mol. The van der Waals surface area contributed by atoms with Crippen LogP contribution in [0, 0.1) is 5.92 Å². The molecule has 3 saturated heterocycles. The Kier molecular flexibility index (Phi) is 3.27. The molecule has 4 nitrogen and oxygen atoms in total. The van der Waals surface area contributed by atoms with Gasteiger partial charge in [-0.05, 0) is 72.0 Å². The van der Waals surface area contributed by atoms with Crippen molar-refractivity contribution in [1.82, 2.24) is 14.6 Å². The number of fused-ring (bicyclic) bond motifs is 4. The maximum absolute atomic E-state index is 12.5. The van der Waals surface area contributed by atoms with Gasteiger partial charge in [0.2, 0.25) is 0 Å². The van der Waals surface area contributed by atoms with E-state index in [-0.39, 0.29) is 5.91 Å². The van der Waals surface area contributed by atoms with E-state index in [9.17, 15) is 4.79 Å². The van der Waals surface area contributed by atoms with Crippen molar-refractivity contribution in [3.8, 4) is 0 Å². The molecular weight excluding hydrogens is 330 g/mol. The van der Waals surface area contributed by atoms with Crippen LogP contribution < -0.4 is 5.32 Å². The van der Waals surface area contributed by atoms with Gasteiger partial charge < -0.3 is 14.6 Å². The Morgan fingerprint density at radius 1 is 1.19 bits per heavy atom. The summed E-state index contributed by atoms with van der Waals surface area (Å²) in [6.45, 7) is 3.39. The molecule has 3 aliphatic heterocycles. The molecule has 5 heteroatoms. The van der Waals surface area contributed by atoms with Gasteiger partial charge in [0.05, 0.1) is 10.2 Å². The van der Waals surface area contributed by atoms with E-state index in [0.717, 1.165) is 22.2 Å². The first-order valence-corrected chi connectivity index (χ1v) is 8.30. The van der Waals surface area contributed by atoms with E-state index >= 15 is 0 Å². The van der Waals surface area contributed by atoms with Crippen molar-refractivity contribution in [2.45, 2.75) is 18.9 Å². The lowest BCUT2D eigenvalue weighted by atomic mass is 9.84. The molecular formula is C16H18BrN3O. The minimum atomic E-state index is 0.0382. The Morgan fingerprint density at radius 2 is 1.95 bits per heavy atom. The Labute approximate surface area is 132 Å². The van der Waals surface area contributed by atoms with E-state index in [1.54, 1.807) is 0 Å². The van der Waals surface area contributed by atoms with Crippen molar-refractivity contribution in [2.75, 3.05) is 19.6 Å². The maximum atomic E-state index is 12.5. The quantitative estimate of drug-likeness (QED) is 0.906. The number of aromatic nitrogens is 1. The number of halogens is 1. The van der Waals surface area contributed by atoms with Gasteiger partial charge in [0.25, 0.3) is 5.91 Å². The lowest BCUT2D eigenvalue weighted by Gasteiger charge is -2.44. The number of hydrogen-bond acceptors (Lipinski definition) is 2. The van der Waals surface area contributed by atoms with E-state index in [4.69, 9.17) is 0 Å². The number of nitrogens with zero attached hydrogens (tertiary/aromatic N) is 2. The van der Waals surface area contributed by atoms with Crippen LogP contribution in [0.3, 0.4) is 0 Å². The minimum Gasteiger partial charge on any atom is -0.348 e. The van der Waals surface area contributed by atoms with Crippen LogP contribution in [0.4, 0.5) is 0 Å². The number of carbonyl (C=O) groups is 1. The molecule has 5 heterocycles. The van der Waals surface area contributed by atoms with Crippen molar-refractivity contribution in [3.63, 3.8) is 0 Å². The van der Waals surface area contributed by atoms with E-state index in [0.29, 0.717) is 12.0 Å². The molecule has 21 heavy (non-hydrogen) atoms. The smallest absolute Gasteiger partial charge is 0.253 e. The highest BCUT2D eigenvalue weighted by atomic mass is 79.9. The van der Waals surface area contributed by atoms with E-state index in [1.807, 2.05) is 34.9 Å². The van der Waals surface area contributed by atoms with Gasteiger partial charge in [-0.15, -0.1) is 0 Å². The topological polar surface area (TPSA) is 36.8 Å². The minimum absolute atomic E-state index is 0.0382. The SMILES string of the molecule is O=C(NC1CN2CCC1CC2)c1ccc2ccc(Br)n2c1. The number of carbonyl (C=O) groups excluding carboxylic acids is 1. The van der Waals surface area contributed by atoms with Crippen molar-refractivity contribution in [1.29, 1.82) is 0 Å². The maximum Gasteiger partial charge on any atom is 0.253 e. The van der Waals surface area contributed by atoms with Gasteiger partial charge in [0.15, 0.2) is 0 Å². The molecule has 0 radical (unpaired) electrons.